The molecule has 0 fully saturated rings. The average Bonchev–Trinajstić information content (AvgIpc) is 2.98. The molecule has 3 nitrogen and oxygen atoms in total. The van der Waals surface area contributed by atoms with Crippen molar-refractivity contribution in [3.8, 4) is 28.0 Å². The van der Waals surface area contributed by atoms with Crippen LogP contribution in [-0.2, 0) is 10.1 Å². The lowest BCUT2D eigenvalue weighted by molar-refractivity contribution is -0.0500. The maximum atomic E-state index is 13.1. The van der Waals surface area contributed by atoms with E-state index < -0.39 is 21.4 Å². The first-order valence-corrected chi connectivity index (χ1v) is 14.6. The molecule has 0 amide bonds. The summed E-state index contributed by atoms with van der Waals surface area (Å²) in [6, 6.07) is 40.5. The van der Waals surface area contributed by atoms with Crippen molar-refractivity contribution in [2.45, 2.75) is 5.51 Å². The van der Waals surface area contributed by atoms with Gasteiger partial charge in [-0.05, 0) is 83.5 Å². The standard InChI is InChI=1S/C35H21F3O3S/c36-35(37,38)42(39,40)41-26-19-18-23-10-7-15-31(32(23)21-26)34-29-13-5-3-11-27(29)33(28-12-4-6-14-30(28)34)25-17-16-22-8-1-2-9-24(22)20-25/h1-21H. The van der Waals surface area contributed by atoms with E-state index in [9.17, 15) is 21.6 Å². The van der Waals surface area contributed by atoms with Crippen LogP contribution in [0.2, 0.25) is 0 Å². The molecule has 7 rings (SSSR count). The summed E-state index contributed by atoms with van der Waals surface area (Å²) in [5.41, 5.74) is -1.74. The summed E-state index contributed by atoms with van der Waals surface area (Å²) in [4.78, 5) is 0. The van der Waals surface area contributed by atoms with Crippen molar-refractivity contribution >= 4 is 53.2 Å². The van der Waals surface area contributed by atoms with Crippen LogP contribution in [0.3, 0.4) is 0 Å². The summed E-state index contributed by atoms with van der Waals surface area (Å²) in [5, 5.41) is 7.53. The molecule has 0 aliphatic heterocycles. The van der Waals surface area contributed by atoms with Gasteiger partial charge < -0.3 is 4.18 Å². The Morgan fingerprint density at radius 1 is 0.500 bits per heavy atom. The molecule has 0 radical (unpaired) electrons. The molecule has 0 unspecified atom stereocenters. The molecule has 7 heteroatoms. The monoisotopic (exact) mass is 578 g/mol. The average molecular weight is 579 g/mol. The molecule has 7 aromatic carbocycles. The van der Waals surface area contributed by atoms with Gasteiger partial charge in [-0.1, -0.05) is 109 Å². The zero-order valence-electron chi connectivity index (χ0n) is 21.9. The third kappa shape index (κ3) is 4.25. The van der Waals surface area contributed by atoms with E-state index in [4.69, 9.17) is 0 Å². The Hall–Kier alpha value is -4.88. The molecule has 0 N–H and O–H groups in total. The van der Waals surface area contributed by atoms with E-state index in [1.165, 1.54) is 12.1 Å². The van der Waals surface area contributed by atoms with Gasteiger partial charge in [-0.25, -0.2) is 0 Å². The lowest BCUT2D eigenvalue weighted by Crippen LogP contribution is -2.28. The Bertz CT molecular complexity index is 2230. The fourth-order valence-electron chi connectivity index (χ4n) is 5.77. The van der Waals surface area contributed by atoms with E-state index in [1.807, 2.05) is 66.7 Å². The van der Waals surface area contributed by atoms with E-state index in [0.29, 0.717) is 5.39 Å². The Kier molecular flexibility index (Phi) is 5.95. The largest absolute Gasteiger partial charge is 0.534 e. The minimum Gasteiger partial charge on any atom is -0.376 e. The van der Waals surface area contributed by atoms with Crippen LogP contribution in [0.25, 0.3) is 65.3 Å². The van der Waals surface area contributed by atoms with Crippen LogP contribution in [-0.4, -0.2) is 13.9 Å². The summed E-state index contributed by atoms with van der Waals surface area (Å²) < 4.78 is 67.3. The van der Waals surface area contributed by atoms with Gasteiger partial charge >= 0.3 is 15.6 Å². The normalized spacial score (nSPS) is 12.4. The molecular formula is C35H21F3O3S. The highest BCUT2D eigenvalue weighted by Gasteiger charge is 2.48. The molecule has 0 bridgehead atoms. The van der Waals surface area contributed by atoms with E-state index in [2.05, 4.69) is 46.6 Å². The van der Waals surface area contributed by atoms with Gasteiger partial charge in [-0.2, -0.15) is 21.6 Å². The highest BCUT2D eigenvalue weighted by molar-refractivity contribution is 7.88. The number of rotatable bonds is 4. The smallest absolute Gasteiger partial charge is 0.376 e. The number of hydrogen-bond donors (Lipinski definition) is 0. The van der Waals surface area contributed by atoms with E-state index in [-0.39, 0.29) is 0 Å². The number of fused-ring (bicyclic) bond motifs is 4. The lowest BCUT2D eigenvalue weighted by atomic mass is 9.84. The molecule has 0 aromatic heterocycles. The van der Waals surface area contributed by atoms with Gasteiger partial charge in [0.15, 0.2) is 0 Å². The Balaban J connectivity index is 1.53. The lowest BCUT2D eigenvalue weighted by Gasteiger charge is -2.19. The maximum Gasteiger partial charge on any atom is 0.534 e. The van der Waals surface area contributed by atoms with Crippen molar-refractivity contribution in [1.29, 1.82) is 0 Å². The summed E-state index contributed by atoms with van der Waals surface area (Å²) in [7, 11) is -5.82. The molecule has 0 heterocycles. The van der Waals surface area contributed by atoms with Crippen molar-refractivity contribution < 1.29 is 25.8 Å². The van der Waals surface area contributed by atoms with Crippen molar-refractivity contribution in [2.75, 3.05) is 0 Å². The Morgan fingerprint density at radius 3 is 1.69 bits per heavy atom. The van der Waals surface area contributed by atoms with Crippen LogP contribution in [0.5, 0.6) is 5.75 Å². The van der Waals surface area contributed by atoms with Crippen LogP contribution in [0.4, 0.5) is 13.2 Å². The molecule has 0 aliphatic carbocycles. The fraction of sp³-hybridized carbons (Fsp3) is 0.0286. The number of halogens is 3. The minimum atomic E-state index is -5.82. The first-order valence-electron chi connectivity index (χ1n) is 13.2. The van der Waals surface area contributed by atoms with Crippen molar-refractivity contribution in [3.05, 3.63) is 127 Å². The molecule has 0 saturated heterocycles. The number of alkyl halides is 3. The van der Waals surface area contributed by atoms with Crippen LogP contribution in [0.15, 0.2) is 127 Å². The van der Waals surface area contributed by atoms with Gasteiger partial charge in [0.25, 0.3) is 0 Å². The fourth-order valence-corrected chi connectivity index (χ4v) is 6.22. The molecule has 206 valence electrons. The van der Waals surface area contributed by atoms with Crippen molar-refractivity contribution in [3.63, 3.8) is 0 Å². The van der Waals surface area contributed by atoms with Gasteiger partial charge in [0.05, 0.1) is 0 Å². The van der Waals surface area contributed by atoms with Crippen molar-refractivity contribution in [2.24, 2.45) is 0 Å². The quantitative estimate of drug-likeness (QED) is 0.119. The molecule has 0 saturated carbocycles. The second-order valence-corrected chi connectivity index (χ2v) is 11.6. The number of hydrogen-bond acceptors (Lipinski definition) is 3. The summed E-state index contributed by atoms with van der Waals surface area (Å²) >= 11 is 0. The maximum absolute atomic E-state index is 13.1. The third-order valence-electron chi connectivity index (χ3n) is 7.58. The minimum absolute atomic E-state index is 0.409. The predicted molar refractivity (Wildman–Crippen MR) is 163 cm³/mol. The zero-order valence-corrected chi connectivity index (χ0v) is 22.7. The SMILES string of the molecule is O=S(=O)(Oc1ccc2cccc(-c3c4ccccc4c(-c4ccc5ccccc5c4)c4ccccc34)c2c1)C(F)(F)F. The highest BCUT2D eigenvalue weighted by Crippen LogP contribution is 2.46. The molecule has 42 heavy (non-hydrogen) atoms. The van der Waals surface area contributed by atoms with Crippen LogP contribution in [0.1, 0.15) is 0 Å². The zero-order chi connectivity index (χ0) is 29.1. The van der Waals surface area contributed by atoms with E-state index in [0.717, 1.165) is 60.0 Å². The topological polar surface area (TPSA) is 43.4 Å². The molecule has 7 aromatic rings. The first-order chi connectivity index (χ1) is 20.2. The van der Waals surface area contributed by atoms with Gasteiger partial charge in [-0.3, -0.25) is 0 Å². The Labute approximate surface area is 239 Å². The second kappa shape index (κ2) is 9.60. The van der Waals surface area contributed by atoms with Gasteiger partial charge in [0.2, 0.25) is 0 Å². The van der Waals surface area contributed by atoms with Gasteiger partial charge in [-0.15, -0.1) is 0 Å². The molecule has 0 atom stereocenters. The number of benzene rings is 7. The van der Waals surface area contributed by atoms with E-state index >= 15 is 0 Å². The second-order valence-electron chi connectivity index (χ2n) is 10.1. The Morgan fingerprint density at radius 2 is 1.05 bits per heavy atom. The molecular weight excluding hydrogens is 557 g/mol. The van der Waals surface area contributed by atoms with Gasteiger partial charge in [0.1, 0.15) is 5.75 Å². The summed E-state index contributed by atoms with van der Waals surface area (Å²) in [6.07, 6.45) is 0. The first kappa shape index (κ1) is 26.0. The van der Waals surface area contributed by atoms with Crippen LogP contribution < -0.4 is 4.18 Å². The van der Waals surface area contributed by atoms with Crippen LogP contribution >= 0.6 is 0 Å². The summed E-state index contributed by atoms with van der Waals surface area (Å²) in [6.45, 7) is 0. The molecule has 0 spiro atoms. The summed E-state index contributed by atoms with van der Waals surface area (Å²) in [5.74, 6) is -0.409. The van der Waals surface area contributed by atoms with Crippen LogP contribution in [0, 0.1) is 0 Å². The van der Waals surface area contributed by atoms with E-state index in [1.54, 1.807) is 6.07 Å². The van der Waals surface area contributed by atoms with Crippen molar-refractivity contribution in [1.82, 2.24) is 0 Å². The third-order valence-corrected chi connectivity index (χ3v) is 8.56. The highest BCUT2D eigenvalue weighted by atomic mass is 32.2. The molecule has 0 aliphatic rings. The van der Waals surface area contributed by atoms with Gasteiger partial charge in [0, 0.05) is 0 Å². The predicted octanol–water partition coefficient (Wildman–Crippen LogP) is 9.86.